The minimum Gasteiger partial charge on any atom is -0.397 e. The number of nitrogens with two attached hydrogens (primary N) is 1. The van der Waals surface area contributed by atoms with Gasteiger partial charge < -0.3 is 11.1 Å². The number of nitrogen functional groups attached to an aromatic ring is 1. The fourth-order valence-electron chi connectivity index (χ4n) is 1.66. The Morgan fingerprint density at radius 1 is 1.47 bits per heavy atom. The topological polar surface area (TPSA) is 38.0 Å². The normalized spacial score (nSPS) is 15.9. The second-order valence-electron chi connectivity index (χ2n) is 3.40. The van der Waals surface area contributed by atoms with Gasteiger partial charge >= 0.3 is 0 Å². The molecule has 15 heavy (non-hydrogen) atoms. The highest BCUT2D eigenvalue weighted by Crippen LogP contribution is 2.40. The van der Waals surface area contributed by atoms with Gasteiger partial charge in [0.1, 0.15) is 0 Å². The van der Waals surface area contributed by atoms with Crippen LogP contribution in [-0.4, -0.2) is 12.8 Å². The Morgan fingerprint density at radius 3 is 2.80 bits per heavy atom. The van der Waals surface area contributed by atoms with E-state index in [4.69, 9.17) is 17.3 Å². The van der Waals surface area contributed by atoms with Crippen LogP contribution in [0.15, 0.2) is 22.6 Å². The Labute approximate surface area is 98.9 Å². The van der Waals surface area contributed by atoms with E-state index < -0.39 is 0 Å². The average molecular weight is 241 g/mol. The molecule has 0 aliphatic carbocycles. The Hall–Kier alpha value is -0.800. The molecule has 0 unspecified atom stereocenters. The maximum absolute atomic E-state index is 6.12. The van der Waals surface area contributed by atoms with Crippen LogP contribution in [0.25, 0.3) is 5.57 Å². The summed E-state index contributed by atoms with van der Waals surface area (Å²) in [7, 11) is 1.86. The van der Waals surface area contributed by atoms with Crippen LogP contribution in [0.3, 0.4) is 0 Å². The van der Waals surface area contributed by atoms with Crippen molar-refractivity contribution >= 4 is 40.3 Å². The zero-order valence-electron chi connectivity index (χ0n) is 8.51. The third-order valence-corrected chi connectivity index (χ3v) is 3.95. The summed E-state index contributed by atoms with van der Waals surface area (Å²) in [6.07, 6.45) is 1.03. The molecule has 0 saturated carbocycles. The second kappa shape index (κ2) is 4.37. The summed E-state index contributed by atoms with van der Waals surface area (Å²) in [4.78, 5) is 0. The van der Waals surface area contributed by atoms with Gasteiger partial charge in [-0.05, 0) is 29.7 Å². The molecule has 0 radical (unpaired) electrons. The number of benzene rings is 1. The summed E-state index contributed by atoms with van der Waals surface area (Å²) in [6.45, 7) is 0. The van der Waals surface area contributed by atoms with Crippen molar-refractivity contribution < 1.29 is 0 Å². The standard InChI is InChI=1S/C11H13ClN2S/c1-14-10-3-2-7(6-9(10)13)8-4-5-15-11(8)12/h2-3,6,14H,4-5,13H2,1H3. The van der Waals surface area contributed by atoms with Crippen molar-refractivity contribution in [1.82, 2.24) is 0 Å². The Morgan fingerprint density at radius 2 is 2.27 bits per heavy atom. The number of nitrogens with one attached hydrogen (secondary N) is 1. The van der Waals surface area contributed by atoms with Gasteiger partial charge in [-0.2, -0.15) is 0 Å². The molecule has 0 spiro atoms. The molecule has 1 heterocycles. The van der Waals surface area contributed by atoms with Crippen molar-refractivity contribution in [3.05, 3.63) is 28.1 Å². The van der Waals surface area contributed by atoms with Crippen LogP contribution in [0.4, 0.5) is 11.4 Å². The highest BCUT2D eigenvalue weighted by molar-refractivity contribution is 8.05. The van der Waals surface area contributed by atoms with E-state index in [1.807, 2.05) is 19.2 Å². The quantitative estimate of drug-likeness (QED) is 0.779. The predicted molar refractivity (Wildman–Crippen MR) is 70.2 cm³/mol. The van der Waals surface area contributed by atoms with E-state index in [0.717, 1.165) is 33.5 Å². The largest absolute Gasteiger partial charge is 0.397 e. The van der Waals surface area contributed by atoms with Crippen LogP contribution in [-0.2, 0) is 0 Å². The fraction of sp³-hybridized carbons (Fsp3) is 0.273. The molecule has 2 rings (SSSR count). The van der Waals surface area contributed by atoms with Crippen molar-refractivity contribution in [1.29, 1.82) is 0 Å². The van der Waals surface area contributed by atoms with Crippen molar-refractivity contribution in [3.8, 4) is 0 Å². The van der Waals surface area contributed by atoms with Crippen LogP contribution in [0.2, 0.25) is 0 Å². The van der Waals surface area contributed by atoms with Gasteiger partial charge in [0.2, 0.25) is 0 Å². The molecule has 1 aromatic carbocycles. The van der Waals surface area contributed by atoms with E-state index in [9.17, 15) is 0 Å². The van der Waals surface area contributed by atoms with Crippen LogP contribution in [0.1, 0.15) is 12.0 Å². The Balaban J connectivity index is 2.38. The first-order chi connectivity index (χ1) is 7.22. The second-order valence-corrected chi connectivity index (χ2v) is 5.11. The lowest BCUT2D eigenvalue weighted by Crippen LogP contribution is -1.96. The van der Waals surface area contributed by atoms with Gasteiger partial charge in [0.25, 0.3) is 0 Å². The molecule has 1 aliphatic heterocycles. The molecular weight excluding hydrogens is 228 g/mol. The highest BCUT2D eigenvalue weighted by atomic mass is 35.5. The summed E-state index contributed by atoms with van der Waals surface area (Å²) in [5.74, 6) is 1.07. The first-order valence-corrected chi connectivity index (χ1v) is 6.18. The zero-order chi connectivity index (χ0) is 10.8. The number of hydrogen-bond donors (Lipinski definition) is 2. The Kier molecular flexibility index (Phi) is 3.12. The minimum atomic E-state index is 0.767. The number of rotatable bonds is 2. The van der Waals surface area contributed by atoms with Crippen LogP contribution < -0.4 is 11.1 Å². The van der Waals surface area contributed by atoms with Crippen LogP contribution in [0, 0.1) is 0 Å². The Bertz CT molecular complexity index is 415. The molecule has 1 aromatic rings. The molecule has 0 amide bonds. The van der Waals surface area contributed by atoms with Gasteiger partial charge in [-0.3, -0.25) is 0 Å². The highest BCUT2D eigenvalue weighted by Gasteiger charge is 2.15. The first kappa shape index (κ1) is 10.7. The molecule has 0 saturated heterocycles. The summed E-state index contributed by atoms with van der Waals surface area (Å²) < 4.78 is 0.909. The maximum atomic E-state index is 6.12. The van der Waals surface area contributed by atoms with Gasteiger partial charge in [0, 0.05) is 12.8 Å². The molecular formula is C11H13ClN2S. The third kappa shape index (κ3) is 2.08. The number of thioether (sulfide) groups is 1. The molecule has 1 aliphatic rings. The van der Waals surface area contributed by atoms with E-state index >= 15 is 0 Å². The average Bonchev–Trinajstić information content (AvgIpc) is 2.64. The molecule has 0 aromatic heterocycles. The van der Waals surface area contributed by atoms with Crippen molar-refractivity contribution in [2.75, 3.05) is 23.9 Å². The van der Waals surface area contributed by atoms with E-state index in [1.54, 1.807) is 11.8 Å². The lowest BCUT2D eigenvalue weighted by atomic mass is 10.0. The smallest absolute Gasteiger partial charge is 0.0773 e. The molecule has 0 bridgehead atoms. The van der Waals surface area contributed by atoms with Gasteiger partial charge in [0.05, 0.1) is 15.7 Å². The molecule has 4 heteroatoms. The van der Waals surface area contributed by atoms with Gasteiger partial charge in [0.15, 0.2) is 0 Å². The van der Waals surface area contributed by atoms with E-state index in [2.05, 4.69) is 11.4 Å². The van der Waals surface area contributed by atoms with Crippen molar-refractivity contribution in [2.45, 2.75) is 6.42 Å². The number of anilines is 2. The van der Waals surface area contributed by atoms with Gasteiger partial charge in [-0.15, -0.1) is 11.8 Å². The molecule has 80 valence electrons. The molecule has 0 atom stereocenters. The SMILES string of the molecule is CNc1ccc(C2=C(Cl)SCC2)cc1N. The fourth-order valence-corrected chi connectivity index (χ4v) is 2.98. The van der Waals surface area contributed by atoms with E-state index in [1.165, 1.54) is 5.57 Å². The summed E-state index contributed by atoms with van der Waals surface area (Å²) in [5.41, 5.74) is 10.00. The van der Waals surface area contributed by atoms with Crippen molar-refractivity contribution in [3.63, 3.8) is 0 Å². The number of hydrogen-bond acceptors (Lipinski definition) is 3. The number of allylic oxidation sites excluding steroid dienone is 1. The van der Waals surface area contributed by atoms with E-state index in [-0.39, 0.29) is 0 Å². The lowest BCUT2D eigenvalue weighted by molar-refractivity contribution is 1.28. The maximum Gasteiger partial charge on any atom is 0.0773 e. The summed E-state index contributed by atoms with van der Waals surface area (Å²) in [6, 6.07) is 6.03. The summed E-state index contributed by atoms with van der Waals surface area (Å²) in [5, 5.41) is 3.04. The lowest BCUT2D eigenvalue weighted by Gasteiger charge is -2.08. The molecule has 0 fully saturated rings. The predicted octanol–water partition coefficient (Wildman–Crippen LogP) is 3.35. The molecule has 3 N–H and O–H groups in total. The monoisotopic (exact) mass is 240 g/mol. The third-order valence-electron chi connectivity index (χ3n) is 2.49. The van der Waals surface area contributed by atoms with Gasteiger partial charge in [-0.25, -0.2) is 0 Å². The zero-order valence-corrected chi connectivity index (χ0v) is 10.1. The first-order valence-electron chi connectivity index (χ1n) is 4.81. The van der Waals surface area contributed by atoms with E-state index in [0.29, 0.717) is 0 Å². The van der Waals surface area contributed by atoms with Crippen molar-refractivity contribution in [2.24, 2.45) is 0 Å². The molecule has 2 nitrogen and oxygen atoms in total. The van der Waals surface area contributed by atoms with Crippen LogP contribution >= 0.6 is 23.4 Å². The summed E-state index contributed by atoms with van der Waals surface area (Å²) >= 11 is 7.83. The van der Waals surface area contributed by atoms with Gasteiger partial charge in [-0.1, -0.05) is 17.7 Å². The van der Waals surface area contributed by atoms with Crippen LogP contribution in [0.5, 0.6) is 0 Å². The number of halogens is 1. The minimum absolute atomic E-state index is 0.767.